The quantitative estimate of drug-likeness (QED) is 0.420. The third kappa shape index (κ3) is 5.71. The van der Waals surface area contributed by atoms with Crippen molar-refractivity contribution in [2.24, 2.45) is 5.10 Å². The number of hydrogen-bond acceptors (Lipinski definition) is 6. The van der Waals surface area contributed by atoms with Crippen LogP contribution < -0.4 is 10.2 Å². The number of carboxylic acid groups (broad SMARTS) is 1. The number of carboxylic acids is 1. The van der Waals surface area contributed by atoms with E-state index in [-0.39, 0.29) is 12.1 Å². The molecule has 2 aromatic rings. The van der Waals surface area contributed by atoms with Gasteiger partial charge in [-0.25, -0.2) is 10.2 Å². The minimum atomic E-state index is -1.07. The molecule has 0 heterocycles. The van der Waals surface area contributed by atoms with E-state index in [2.05, 4.69) is 10.5 Å². The van der Waals surface area contributed by atoms with E-state index in [1.54, 1.807) is 30.3 Å². The van der Waals surface area contributed by atoms with Crippen LogP contribution in [0.3, 0.4) is 0 Å². The third-order valence-corrected chi connectivity index (χ3v) is 3.18. The molecule has 0 atom stereocenters. The molecule has 1 amide bonds. The van der Waals surface area contributed by atoms with Gasteiger partial charge in [0, 0.05) is 11.6 Å². The van der Waals surface area contributed by atoms with Gasteiger partial charge in [-0.15, -0.1) is 0 Å². The van der Waals surface area contributed by atoms with E-state index in [1.165, 1.54) is 24.4 Å². The van der Waals surface area contributed by atoms with Gasteiger partial charge in [-0.1, -0.05) is 18.2 Å². The molecule has 0 aliphatic rings. The fourth-order valence-electron chi connectivity index (χ4n) is 2.02. The lowest BCUT2D eigenvalue weighted by Gasteiger charge is -2.03. The Labute approximate surface area is 148 Å². The summed E-state index contributed by atoms with van der Waals surface area (Å²) >= 11 is 0. The summed E-state index contributed by atoms with van der Waals surface area (Å²) < 4.78 is 4.99. The molecule has 26 heavy (non-hydrogen) atoms. The van der Waals surface area contributed by atoms with Crippen LogP contribution in [0.25, 0.3) is 0 Å². The highest BCUT2D eigenvalue weighted by Crippen LogP contribution is 2.17. The molecule has 0 unspecified atom stereocenters. The molecule has 0 saturated heterocycles. The maximum atomic E-state index is 11.9. The normalized spacial score (nSPS) is 10.5. The van der Waals surface area contributed by atoms with Crippen LogP contribution in [0.2, 0.25) is 0 Å². The van der Waals surface area contributed by atoms with Gasteiger partial charge in [0.15, 0.2) is 6.61 Å². The summed E-state index contributed by atoms with van der Waals surface area (Å²) in [6.07, 6.45) is 1.22. The number of hydrazone groups is 1. The Morgan fingerprint density at radius 2 is 1.88 bits per heavy atom. The zero-order valence-electron chi connectivity index (χ0n) is 13.5. The minimum Gasteiger partial charge on any atom is -0.482 e. The van der Waals surface area contributed by atoms with Crippen LogP contribution in [-0.4, -0.2) is 34.7 Å². The van der Waals surface area contributed by atoms with Crippen LogP contribution in [0.4, 0.5) is 5.69 Å². The van der Waals surface area contributed by atoms with Gasteiger partial charge in [0.2, 0.25) is 5.91 Å². The van der Waals surface area contributed by atoms with Gasteiger partial charge in [0.1, 0.15) is 5.75 Å². The first kappa shape index (κ1) is 18.6. The van der Waals surface area contributed by atoms with Crippen molar-refractivity contribution in [1.82, 2.24) is 5.43 Å². The molecule has 0 fully saturated rings. The zero-order valence-corrected chi connectivity index (χ0v) is 13.5. The van der Waals surface area contributed by atoms with E-state index < -0.39 is 23.4 Å². The smallest absolute Gasteiger partial charge is 0.341 e. The fraction of sp³-hybridized carbons (Fsp3) is 0.118. The van der Waals surface area contributed by atoms with E-state index in [0.717, 1.165) is 0 Å². The number of nitrogens with one attached hydrogen (secondary N) is 1. The average molecular weight is 357 g/mol. The second kappa shape index (κ2) is 8.92. The predicted octanol–water partition coefficient (Wildman–Crippen LogP) is 1.75. The maximum absolute atomic E-state index is 11.9. The van der Waals surface area contributed by atoms with Crippen LogP contribution in [0.15, 0.2) is 53.6 Å². The molecule has 134 valence electrons. The number of amides is 1. The lowest BCUT2D eigenvalue weighted by Crippen LogP contribution is -2.20. The molecule has 0 spiro atoms. The minimum absolute atomic E-state index is 0.122. The molecule has 0 saturated carbocycles. The molecule has 2 N–H and O–H groups in total. The summed E-state index contributed by atoms with van der Waals surface area (Å²) in [4.78, 5) is 32.6. The lowest BCUT2D eigenvalue weighted by atomic mass is 10.1. The molecule has 9 heteroatoms. The van der Waals surface area contributed by atoms with E-state index in [9.17, 15) is 19.7 Å². The van der Waals surface area contributed by atoms with Crippen molar-refractivity contribution in [2.45, 2.75) is 6.42 Å². The number of rotatable bonds is 8. The highest BCUT2D eigenvalue weighted by Gasteiger charge is 2.14. The molecule has 2 rings (SSSR count). The molecule has 0 aliphatic heterocycles. The topological polar surface area (TPSA) is 131 Å². The Bertz CT molecular complexity index is 833. The first-order chi connectivity index (χ1) is 12.5. The molecular formula is C17H15N3O6. The molecule has 0 aliphatic carbocycles. The SMILES string of the molecule is O=C(O)COc1ccc(C=NNC(=O)Cc2ccccc2[N+](=O)[O-])cc1. The van der Waals surface area contributed by atoms with Crippen LogP contribution in [-0.2, 0) is 16.0 Å². The Balaban J connectivity index is 1.89. The number of nitrogens with zero attached hydrogens (tertiary/aromatic N) is 2. The summed E-state index contributed by atoms with van der Waals surface area (Å²) in [5.41, 5.74) is 3.13. The second-order valence-corrected chi connectivity index (χ2v) is 5.11. The Kier molecular flexibility index (Phi) is 6.38. The van der Waals surface area contributed by atoms with Crippen LogP contribution in [0.1, 0.15) is 11.1 Å². The van der Waals surface area contributed by atoms with Gasteiger partial charge in [-0.3, -0.25) is 14.9 Å². The van der Waals surface area contributed by atoms with E-state index in [4.69, 9.17) is 9.84 Å². The van der Waals surface area contributed by atoms with Crippen molar-refractivity contribution in [1.29, 1.82) is 0 Å². The fourth-order valence-corrected chi connectivity index (χ4v) is 2.02. The second-order valence-electron chi connectivity index (χ2n) is 5.11. The summed E-state index contributed by atoms with van der Waals surface area (Å²) in [6.45, 7) is -0.435. The number of nitro groups is 1. The Morgan fingerprint density at radius 1 is 1.19 bits per heavy atom. The van der Waals surface area contributed by atoms with Crippen LogP contribution in [0, 0.1) is 10.1 Å². The summed E-state index contributed by atoms with van der Waals surface area (Å²) in [5.74, 6) is -1.17. The zero-order chi connectivity index (χ0) is 18.9. The Morgan fingerprint density at radius 3 is 2.54 bits per heavy atom. The van der Waals surface area contributed by atoms with Crippen molar-refractivity contribution in [3.05, 3.63) is 69.8 Å². The van der Waals surface area contributed by atoms with Crippen molar-refractivity contribution >= 4 is 23.8 Å². The monoisotopic (exact) mass is 357 g/mol. The molecule has 2 aromatic carbocycles. The standard InChI is InChI=1S/C17H15N3O6/c21-16(9-13-3-1-2-4-15(13)20(24)25)19-18-10-12-5-7-14(8-6-12)26-11-17(22)23/h1-8,10H,9,11H2,(H,19,21)(H,22,23). The first-order valence-electron chi connectivity index (χ1n) is 7.44. The van der Waals surface area contributed by atoms with Crippen LogP contribution in [0.5, 0.6) is 5.75 Å². The molecule has 0 bridgehead atoms. The van der Waals surface area contributed by atoms with Crippen LogP contribution >= 0.6 is 0 Å². The van der Waals surface area contributed by atoms with E-state index in [0.29, 0.717) is 16.9 Å². The number of para-hydroxylation sites is 1. The first-order valence-corrected chi connectivity index (χ1v) is 7.44. The van der Waals surface area contributed by atoms with Gasteiger partial charge < -0.3 is 9.84 Å². The number of carbonyl (C=O) groups excluding carboxylic acids is 1. The number of ether oxygens (including phenoxy) is 1. The van der Waals surface area contributed by atoms with Crippen molar-refractivity contribution in [2.75, 3.05) is 6.61 Å². The highest BCUT2D eigenvalue weighted by molar-refractivity contribution is 5.83. The summed E-state index contributed by atoms with van der Waals surface area (Å²) in [7, 11) is 0. The third-order valence-electron chi connectivity index (χ3n) is 3.18. The van der Waals surface area contributed by atoms with E-state index in [1.807, 2.05) is 0 Å². The van der Waals surface area contributed by atoms with Gasteiger partial charge in [0.05, 0.1) is 17.6 Å². The van der Waals surface area contributed by atoms with Gasteiger partial charge in [-0.2, -0.15) is 5.10 Å². The number of benzene rings is 2. The summed E-state index contributed by atoms with van der Waals surface area (Å²) in [5, 5.41) is 23.2. The predicted molar refractivity (Wildman–Crippen MR) is 92.1 cm³/mol. The average Bonchev–Trinajstić information content (AvgIpc) is 2.61. The molecular weight excluding hydrogens is 342 g/mol. The summed E-state index contributed by atoms with van der Waals surface area (Å²) in [6, 6.07) is 12.4. The molecule has 9 nitrogen and oxygen atoms in total. The van der Waals surface area contributed by atoms with Gasteiger partial charge >= 0.3 is 5.97 Å². The largest absolute Gasteiger partial charge is 0.482 e. The highest BCUT2D eigenvalue weighted by atomic mass is 16.6. The Hall–Kier alpha value is -3.75. The number of hydrogen-bond donors (Lipinski definition) is 2. The van der Waals surface area contributed by atoms with E-state index >= 15 is 0 Å². The van der Waals surface area contributed by atoms with Crippen molar-refractivity contribution in [3.63, 3.8) is 0 Å². The van der Waals surface area contributed by atoms with Crippen molar-refractivity contribution < 1.29 is 24.4 Å². The van der Waals surface area contributed by atoms with Crippen molar-refractivity contribution in [3.8, 4) is 5.75 Å². The number of carbonyl (C=O) groups is 2. The number of nitro benzene ring substituents is 1. The lowest BCUT2D eigenvalue weighted by molar-refractivity contribution is -0.385. The molecule has 0 aromatic heterocycles. The molecule has 0 radical (unpaired) electrons. The van der Waals surface area contributed by atoms with Gasteiger partial charge in [0.25, 0.3) is 5.69 Å². The maximum Gasteiger partial charge on any atom is 0.341 e. The van der Waals surface area contributed by atoms with Gasteiger partial charge in [-0.05, 0) is 29.8 Å². The number of aliphatic carboxylic acids is 1.